The van der Waals surface area contributed by atoms with E-state index in [1.54, 1.807) is 18.3 Å². The number of nitrogens with one attached hydrogen (secondary N) is 1. The van der Waals surface area contributed by atoms with Gasteiger partial charge in [0.25, 0.3) is 0 Å². The number of benzene rings is 1. The maximum absolute atomic E-state index is 13.6. The molecule has 1 amide bonds. The van der Waals surface area contributed by atoms with Gasteiger partial charge in [-0.2, -0.15) is 0 Å². The number of pyridine rings is 1. The van der Waals surface area contributed by atoms with E-state index in [1.165, 1.54) is 6.07 Å². The first-order chi connectivity index (χ1) is 10.1. The molecule has 21 heavy (non-hydrogen) atoms. The van der Waals surface area contributed by atoms with E-state index in [4.69, 9.17) is 0 Å². The maximum Gasteiger partial charge on any atom is 0.220 e. The molecule has 2 aromatic rings. The molecule has 0 radical (unpaired) electrons. The van der Waals surface area contributed by atoms with Gasteiger partial charge in [0, 0.05) is 31.3 Å². The summed E-state index contributed by atoms with van der Waals surface area (Å²) in [4.78, 5) is 15.7. The highest BCUT2D eigenvalue weighted by Crippen LogP contribution is 2.37. The molecule has 2 heterocycles. The van der Waals surface area contributed by atoms with Gasteiger partial charge in [-0.1, -0.05) is 12.1 Å². The van der Waals surface area contributed by atoms with Gasteiger partial charge in [-0.3, -0.25) is 9.78 Å². The van der Waals surface area contributed by atoms with Crippen LogP contribution in [0, 0.1) is 18.7 Å². The highest BCUT2D eigenvalue weighted by molar-refractivity contribution is 5.78. The van der Waals surface area contributed by atoms with Crippen molar-refractivity contribution < 1.29 is 9.18 Å². The average molecular weight is 284 g/mol. The third-order valence-electron chi connectivity index (χ3n) is 4.09. The molecule has 1 aromatic heterocycles. The SMILES string of the molecule is Cc1cnccc1C(c1cccc(F)c1)C1CNC(=O)C1. The highest BCUT2D eigenvalue weighted by atomic mass is 19.1. The monoisotopic (exact) mass is 284 g/mol. The van der Waals surface area contributed by atoms with Crippen LogP contribution in [-0.4, -0.2) is 17.4 Å². The van der Waals surface area contributed by atoms with Crippen molar-refractivity contribution in [2.24, 2.45) is 5.92 Å². The predicted octanol–water partition coefficient (Wildman–Crippen LogP) is 2.80. The van der Waals surface area contributed by atoms with Gasteiger partial charge >= 0.3 is 0 Å². The molecule has 108 valence electrons. The normalized spacial score (nSPS) is 19.3. The summed E-state index contributed by atoms with van der Waals surface area (Å²) in [5.74, 6) is -0.0438. The first-order valence-corrected chi connectivity index (χ1v) is 7.08. The van der Waals surface area contributed by atoms with E-state index in [9.17, 15) is 9.18 Å². The lowest BCUT2D eigenvalue weighted by Crippen LogP contribution is -2.19. The molecule has 1 aromatic carbocycles. The van der Waals surface area contributed by atoms with Gasteiger partial charge < -0.3 is 5.32 Å². The van der Waals surface area contributed by atoms with E-state index >= 15 is 0 Å². The minimum atomic E-state index is -0.249. The lowest BCUT2D eigenvalue weighted by atomic mass is 9.79. The Bertz CT molecular complexity index is 671. The van der Waals surface area contributed by atoms with Crippen molar-refractivity contribution in [2.45, 2.75) is 19.3 Å². The molecule has 2 unspecified atom stereocenters. The van der Waals surface area contributed by atoms with E-state index < -0.39 is 0 Å². The summed E-state index contributed by atoms with van der Waals surface area (Å²) >= 11 is 0. The Labute approximate surface area is 123 Å². The van der Waals surface area contributed by atoms with Crippen molar-refractivity contribution >= 4 is 5.91 Å². The number of aryl methyl sites for hydroxylation is 1. The number of hydrogen-bond acceptors (Lipinski definition) is 2. The van der Waals surface area contributed by atoms with Crippen LogP contribution in [0.15, 0.2) is 42.7 Å². The fourth-order valence-electron chi connectivity index (χ4n) is 3.10. The van der Waals surface area contributed by atoms with Gasteiger partial charge in [0.15, 0.2) is 0 Å². The highest BCUT2D eigenvalue weighted by Gasteiger charge is 2.32. The lowest BCUT2D eigenvalue weighted by molar-refractivity contribution is -0.119. The molecular formula is C17H17FN2O. The third kappa shape index (κ3) is 2.79. The van der Waals surface area contributed by atoms with Gasteiger partial charge in [0.05, 0.1) is 0 Å². The van der Waals surface area contributed by atoms with Gasteiger partial charge in [-0.05, 0) is 47.7 Å². The molecule has 0 spiro atoms. The second-order valence-corrected chi connectivity index (χ2v) is 5.53. The van der Waals surface area contributed by atoms with E-state index in [2.05, 4.69) is 10.3 Å². The topological polar surface area (TPSA) is 42.0 Å². The Balaban J connectivity index is 2.07. The van der Waals surface area contributed by atoms with Crippen molar-refractivity contribution in [3.05, 3.63) is 65.2 Å². The first kappa shape index (κ1) is 13.7. The van der Waals surface area contributed by atoms with E-state index in [1.807, 2.05) is 25.3 Å². The summed E-state index contributed by atoms with van der Waals surface area (Å²) in [5.41, 5.74) is 3.08. The Hall–Kier alpha value is -2.23. The number of rotatable bonds is 3. The van der Waals surface area contributed by atoms with Crippen LogP contribution in [0.4, 0.5) is 4.39 Å². The van der Waals surface area contributed by atoms with Gasteiger partial charge in [-0.25, -0.2) is 4.39 Å². The standard InChI is InChI=1S/C17H17FN2O/c1-11-9-19-6-5-15(11)17(13-8-16(21)20-10-13)12-3-2-4-14(18)7-12/h2-7,9,13,17H,8,10H2,1H3,(H,20,21). The summed E-state index contributed by atoms with van der Waals surface area (Å²) in [6, 6.07) is 8.62. The van der Waals surface area contributed by atoms with Crippen LogP contribution >= 0.6 is 0 Å². The number of hydrogen-bond donors (Lipinski definition) is 1. The lowest BCUT2D eigenvalue weighted by Gasteiger charge is -2.25. The summed E-state index contributed by atoms with van der Waals surface area (Å²) in [7, 11) is 0. The molecule has 2 atom stereocenters. The number of halogens is 1. The molecule has 1 aliphatic rings. The second kappa shape index (κ2) is 5.64. The molecule has 0 bridgehead atoms. The van der Waals surface area contributed by atoms with Crippen molar-refractivity contribution in [3.63, 3.8) is 0 Å². The Morgan fingerprint density at radius 2 is 2.24 bits per heavy atom. The smallest absolute Gasteiger partial charge is 0.220 e. The second-order valence-electron chi connectivity index (χ2n) is 5.53. The zero-order valence-corrected chi connectivity index (χ0v) is 11.8. The molecule has 1 N–H and O–H groups in total. The van der Waals surface area contributed by atoms with Crippen molar-refractivity contribution in [1.29, 1.82) is 0 Å². The molecule has 4 heteroatoms. The molecule has 3 nitrogen and oxygen atoms in total. The van der Waals surface area contributed by atoms with Crippen LogP contribution in [0.5, 0.6) is 0 Å². The quantitative estimate of drug-likeness (QED) is 0.941. The summed E-state index contributed by atoms with van der Waals surface area (Å²) < 4.78 is 13.6. The Kier molecular flexibility index (Phi) is 3.69. The van der Waals surface area contributed by atoms with Crippen molar-refractivity contribution in [3.8, 4) is 0 Å². The summed E-state index contributed by atoms with van der Waals surface area (Å²) in [6.45, 7) is 2.63. The molecule has 1 aliphatic heterocycles. The third-order valence-corrected chi connectivity index (χ3v) is 4.09. The van der Waals surface area contributed by atoms with Crippen molar-refractivity contribution in [2.75, 3.05) is 6.54 Å². The Morgan fingerprint density at radius 1 is 1.38 bits per heavy atom. The van der Waals surface area contributed by atoms with Gasteiger partial charge in [0.1, 0.15) is 5.82 Å². The fourth-order valence-corrected chi connectivity index (χ4v) is 3.10. The summed E-state index contributed by atoms with van der Waals surface area (Å²) in [5, 5.41) is 2.88. The van der Waals surface area contributed by atoms with Crippen LogP contribution < -0.4 is 5.32 Å². The predicted molar refractivity (Wildman–Crippen MR) is 78.3 cm³/mol. The number of aromatic nitrogens is 1. The molecule has 1 fully saturated rings. The van der Waals surface area contributed by atoms with Crippen molar-refractivity contribution in [1.82, 2.24) is 10.3 Å². The zero-order chi connectivity index (χ0) is 14.8. The number of carbonyl (C=O) groups excluding carboxylic acids is 1. The van der Waals surface area contributed by atoms with Crippen LogP contribution in [-0.2, 0) is 4.79 Å². The molecule has 3 rings (SSSR count). The zero-order valence-electron chi connectivity index (χ0n) is 11.8. The Morgan fingerprint density at radius 3 is 2.90 bits per heavy atom. The van der Waals surface area contributed by atoms with E-state index in [0.717, 1.165) is 16.7 Å². The van der Waals surface area contributed by atoms with Crippen LogP contribution in [0.3, 0.4) is 0 Å². The molecule has 1 saturated heterocycles. The van der Waals surface area contributed by atoms with E-state index in [-0.39, 0.29) is 23.6 Å². The summed E-state index contributed by atoms with van der Waals surface area (Å²) in [6.07, 6.45) is 4.04. The number of amides is 1. The minimum Gasteiger partial charge on any atom is -0.356 e. The van der Waals surface area contributed by atoms with Gasteiger partial charge in [-0.15, -0.1) is 0 Å². The maximum atomic E-state index is 13.6. The van der Waals surface area contributed by atoms with Crippen LogP contribution in [0.25, 0.3) is 0 Å². The number of carbonyl (C=O) groups is 1. The molecule has 0 saturated carbocycles. The number of nitrogens with zero attached hydrogens (tertiary/aromatic N) is 1. The average Bonchev–Trinajstić information content (AvgIpc) is 2.88. The molecular weight excluding hydrogens is 267 g/mol. The largest absolute Gasteiger partial charge is 0.356 e. The van der Waals surface area contributed by atoms with Crippen LogP contribution in [0.2, 0.25) is 0 Å². The fraction of sp³-hybridized carbons (Fsp3) is 0.294. The molecule has 0 aliphatic carbocycles. The van der Waals surface area contributed by atoms with Crippen LogP contribution in [0.1, 0.15) is 29.0 Å². The van der Waals surface area contributed by atoms with E-state index in [0.29, 0.717) is 13.0 Å². The first-order valence-electron chi connectivity index (χ1n) is 7.08. The van der Waals surface area contributed by atoms with Gasteiger partial charge in [0.2, 0.25) is 5.91 Å². The minimum absolute atomic E-state index is 0.00245.